The second-order valence-corrected chi connectivity index (χ2v) is 6.19. The van der Waals surface area contributed by atoms with E-state index in [9.17, 15) is 4.79 Å². The quantitative estimate of drug-likeness (QED) is 0.559. The third kappa shape index (κ3) is 3.66. The van der Waals surface area contributed by atoms with Gasteiger partial charge in [0.2, 0.25) is 5.95 Å². The first-order valence-corrected chi connectivity index (χ1v) is 8.21. The summed E-state index contributed by atoms with van der Waals surface area (Å²) in [6.45, 7) is 2.04. The van der Waals surface area contributed by atoms with Gasteiger partial charge in [-0.2, -0.15) is 9.97 Å². The number of hydrazine groups is 1. The third-order valence-corrected chi connectivity index (χ3v) is 4.20. The fourth-order valence-corrected chi connectivity index (χ4v) is 3.00. The van der Waals surface area contributed by atoms with Crippen molar-refractivity contribution >= 4 is 29.2 Å². The van der Waals surface area contributed by atoms with Crippen molar-refractivity contribution < 1.29 is 0 Å². The topological polar surface area (TPSA) is 77.0 Å². The van der Waals surface area contributed by atoms with E-state index in [4.69, 9.17) is 29.0 Å². The van der Waals surface area contributed by atoms with E-state index in [1.165, 1.54) is 9.58 Å². The van der Waals surface area contributed by atoms with Gasteiger partial charge in [0.05, 0.1) is 22.3 Å². The molecule has 2 aromatic carbocycles. The number of aryl methyl sites for hydroxylation is 1. The molecule has 0 atom stereocenters. The summed E-state index contributed by atoms with van der Waals surface area (Å²) in [6, 6.07) is 14.6. The van der Waals surface area contributed by atoms with E-state index in [-0.39, 0.29) is 5.95 Å². The van der Waals surface area contributed by atoms with Gasteiger partial charge in [0.15, 0.2) is 0 Å². The summed E-state index contributed by atoms with van der Waals surface area (Å²) in [4.78, 5) is 20.8. The highest BCUT2D eigenvalue weighted by atomic mass is 35.5. The molecule has 0 radical (unpaired) electrons. The van der Waals surface area contributed by atoms with E-state index in [0.29, 0.717) is 28.1 Å². The van der Waals surface area contributed by atoms with Crippen LogP contribution >= 0.6 is 23.2 Å². The Morgan fingerprint density at radius 3 is 2.28 bits per heavy atom. The summed E-state index contributed by atoms with van der Waals surface area (Å²) in [7, 11) is 0. The molecule has 0 saturated carbocycles. The maximum atomic E-state index is 12.5. The molecule has 6 nitrogen and oxygen atoms in total. The molecule has 1 heterocycles. The summed E-state index contributed by atoms with van der Waals surface area (Å²) in [6.07, 6.45) is 0. The van der Waals surface area contributed by atoms with Crippen molar-refractivity contribution in [3.63, 3.8) is 0 Å². The lowest BCUT2D eigenvalue weighted by atomic mass is 10.2. The molecule has 0 saturated heterocycles. The fourth-order valence-electron chi connectivity index (χ4n) is 2.43. The lowest BCUT2D eigenvalue weighted by Gasteiger charge is -2.18. The van der Waals surface area contributed by atoms with E-state index in [2.05, 4.69) is 9.97 Å². The normalized spacial score (nSPS) is 10.7. The first kappa shape index (κ1) is 17.4. The molecule has 1 aromatic heterocycles. The maximum Gasteiger partial charge on any atom is 0.357 e. The summed E-state index contributed by atoms with van der Waals surface area (Å²) in [5.74, 6) is 6.53. The SMILES string of the molecule is Cc1nc(N(N)Cc2ccccc2)nc(=O)n1-c1c(Cl)cccc1Cl. The molecule has 0 spiro atoms. The lowest BCUT2D eigenvalue weighted by molar-refractivity contribution is 0.743. The van der Waals surface area contributed by atoms with Crippen LogP contribution in [-0.2, 0) is 6.54 Å². The standard InChI is InChI=1S/C17H15Cl2N5O/c1-11-21-16(23(20)10-12-6-3-2-4-7-12)22-17(25)24(11)15-13(18)8-5-9-14(15)19/h2-9H,10,20H2,1H3. The second kappa shape index (κ2) is 7.23. The zero-order valence-electron chi connectivity index (χ0n) is 13.4. The molecule has 25 heavy (non-hydrogen) atoms. The smallest absolute Gasteiger partial charge is 0.274 e. The highest BCUT2D eigenvalue weighted by Gasteiger charge is 2.16. The number of rotatable bonds is 4. The van der Waals surface area contributed by atoms with Gasteiger partial charge in [-0.3, -0.25) is 5.01 Å². The first-order valence-electron chi connectivity index (χ1n) is 7.45. The van der Waals surface area contributed by atoms with Gasteiger partial charge in [-0.25, -0.2) is 15.2 Å². The number of aromatic nitrogens is 3. The van der Waals surface area contributed by atoms with Gasteiger partial charge >= 0.3 is 5.69 Å². The van der Waals surface area contributed by atoms with Crippen LogP contribution in [-0.4, -0.2) is 14.5 Å². The summed E-state index contributed by atoms with van der Waals surface area (Å²) >= 11 is 12.4. The minimum absolute atomic E-state index is 0.130. The van der Waals surface area contributed by atoms with Gasteiger partial charge in [-0.1, -0.05) is 59.6 Å². The number of hydrogen-bond acceptors (Lipinski definition) is 5. The van der Waals surface area contributed by atoms with Crippen LogP contribution in [0.5, 0.6) is 0 Å². The molecule has 128 valence electrons. The monoisotopic (exact) mass is 375 g/mol. The van der Waals surface area contributed by atoms with Crippen molar-refractivity contribution in [1.82, 2.24) is 14.5 Å². The van der Waals surface area contributed by atoms with Gasteiger partial charge in [-0.15, -0.1) is 0 Å². The number of hydrogen-bond donors (Lipinski definition) is 1. The Balaban J connectivity index is 2.00. The minimum Gasteiger partial charge on any atom is -0.274 e. The first-order chi connectivity index (χ1) is 12.0. The van der Waals surface area contributed by atoms with Gasteiger partial charge < -0.3 is 0 Å². The average Bonchev–Trinajstić information content (AvgIpc) is 2.57. The van der Waals surface area contributed by atoms with Crippen LogP contribution in [0.1, 0.15) is 11.4 Å². The van der Waals surface area contributed by atoms with Crippen LogP contribution in [0.4, 0.5) is 5.95 Å². The third-order valence-electron chi connectivity index (χ3n) is 3.59. The molecule has 3 aromatic rings. The number of benzene rings is 2. The average molecular weight is 376 g/mol. The summed E-state index contributed by atoms with van der Waals surface area (Å²) < 4.78 is 1.27. The molecule has 0 bridgehead atoms. The number of anilines is 1. The predicted molar refractivity (Wildman–Crippen MR) is 99.2 cm³/mol. The van der Waals surface area contributed by atoms with Gasteiger partial charge in [0.1, 0.15) is 5.82 Å². The highest BCUT2D eigenvalue weighted by Crippen LogP contribution is 2.27. The van der Waals surface area contributed by atoms with Crippen LogP contribution in [0.3, 0.4) is 0 Å². The Kier molecular flexibility index (Phi) is 5.03. The molecule has 0 fully saturated rings. The Labute approximate surface area is 154 Å². The Morgan fingerprint density at radius 1 is 1.04 bits per heavy atom. The van der Waals surface area contributed by atoms with Crippen molar-refractivity contribution in [2.24, 2.45) is 5.84 Å². The van der Waals surface area contributed by atoms with Crippen LogP contribution in [0.15, 0.2) is 53.3 Å². The van der Waals surface area contributed by atoms with Crippen molar-refractivity contribution in [3.05, 3.63) is 80.4 Å². The molecule has 2 N–H and O–H groups in total. The molecule has 3 rings (SSSR count). The van der Waals surface area contributed by atoms with Crippen LogP contribution < -0.4 is 16.5 Å². The number of halogens is 2. The summed E-state index contributed by atoms with van der Waals surface area (Å²) in [5, 5.41) is 1.99. The highest BCUT2D eigenvalue weighted by molar-refractivity contribution is 6.37. The Bertz CT molecular complexity index is 939. The van der Waals surface area contributed by atoms with Crippen LogP contribution in [0.25, 0.3) is 5.69 Å². The Hall–Kier alpha value is -2.41. The van der Waals surface area contributed by atoms with Gasteiger partial charge in [0, 0.05) is 0 Å². The van der Waals surface area contributed by atoms with E-state index in [1.807, 2.05) is 30.3 Å². The van der Waals surface area contributed by atoms with E-state index in [0.717, 1.165) is 5.56 Å². The van der Waals surface area contributed by atoms with E-state index in [1.54, 1.807) is 25.1 Å². The number of para-hydroxylation sites is 1. The number of nitrogens with zero attached hydrogens (tertiary/aromatic N) is 4. The lowest BCUT2D eigenvalue weighted by Crippen LogP contribution is -2.36. The molecule has 0 aliphatic heterocycles. The molecule has 0 aliphatic carbocycles. The molecule has 0 amide bonds. The zero-order chi connectivity index (χ0) is 18.0. The number of nitrogens with two attached hydrogens (primary N) is 1. The second-order valence-electron chi connectivity index (χ2n) is 5.37. The molecular weight excluding hydrogens is 361 g/mol. The molecule has 0 aliphatic rings. The Morgan fingerprint density at radius 2 is 1.68 bits per heavy atom. The van der Waals surface area contributed by atoms with Crippen LogP contribution in [0, 0.1) is 6.92 Å². The van der Waals surface area contributed by atoms with E-state index < -0.39 is 5.69 Å². The molecule has 0 unspecified atom stereocenters. The van der Waals surface area contributed by atoms with Crippen molar-refractivity contribution in [1.29, 1.82) is 0 Å². The fraction of sp³-hybridized carbons (Fsp3) is 0.118. The zero-order valence-corrected chi connectivity index (χ0v) is 14.9. The molecular formula is C17H15Cl2N5O. The van der Waals surface area contributed by atoms with Gasteiger partial charge in [0.25, 0.3) is 0 Å². The van der Waals surface area contributed by atoms with Crippen LogP contribution in [0.2, 0.25) is 10.0 Å². The predicted octanol–water partition coefficient (Wildman–Crippen LogP) is 3.12. The van der Waals surface area contributed by atoms with E-state index >= 15 is 0 Å². The largest absolute Gasteiger partial charge is 0.357 e. The van der Waals surface area contributed by atoms with Gasteiger partial charge in [-0.05, 0) is 24.6 Å². The molecule has 8 heteroatoms. The van der Waals surface area contributed by atoms with Crippen molar-refractivity contribution in [3.8, 4) is 5.69 Å². The maximum absolute atomic E-state index is 12.5. The van der Waals surface area contributed by atoms with Crippen molar-refractivity contribution in [2.75, 3.05) is 5.01 Å². The van der Waals surface area contributed by atoms with Crippen molar-refractivity contribution in [2.45, 2.75) is 13.5 Å². The summed E-state index contributed by atoms with van der Waals surface area (Å²) in [5.41, 5.74) is 0.775. The minimum atomic E-state index is -0.555.